The molecule has 4 rings (SSSR count). The number of hydrogen-bond donors (Lipinski definition) is 1. The van der Waals surface area contributed by atoms with E-state index in [0.29, 0.717) is 38.9 Å². The van der Waals surface area contributed by atoms with Crippen molar-refractivity contribution in [2.75, 3.05) is 7.11 Å². The number of para-hydroxylation sites is 2. The molecule has 1 aromatic heterocycles. The summed E-state index contributed by atoms with van der Waals surface area (Å²) in [6.07, 6.45) is 1.46. The number of rotatable bonds is 6. The minimum atomic E-state index is -0.454. The highest BCUT2D eigenvalue weighted by atomic mass is 16.6. The van der Waals surface area contributed by atoms with Crippen LogP contribution >= 0.6 is 0 Å². The van der Waals surface area contributed by atoms with E-state index in [-0.39, 0.29) is 17.9 Å². The quantitative estimate of drug-likeness (QED) is 0.162. The molecular weight excluding hydrogens is 422 g/mol. The van der Waals surface area contributed by atoms with Gasteiger partial charge < -0.3 is 14.0 Å². The first-order valence-electron chi connectivity index (χ1n) is 10.2. The van der Waals surface area contributed by atoms with Crippen LogP contribution in [0, 0.1) is 0 Å². The second-order valence-corrected chi connectivity index (χ2v) is 7.25. The summed E-state index contributed by atoms with van der Waals surface area (Å²) in [5.74, 6) is -0.145. The Kier molecular flexibility index (Phi) is 6.17. The summed E-state index contributed by atoms with van der Waals surface area (Å²) < 4.78 is 12.1. The molecule has 8 nitrogen and oxygen atoms in total. The summed E-state index contributed by atoms with van der Waals surface area (Å²) in [5.41, 5.74) is 4.43. The first-order chi connectivity index (χ1) is 16.0. The Bertz CT molecular complexity index is 1400. The van der Waals surface area contributed by atoms with Gasteiger partial charge in [-0.15, -0.1) is 0 Å². The van der Waals surface area contributed by atoms with Crippen LogP contribution in [0.25, 0.3) is 21.8 Å². The zero-order valence-electron chi connectivity index (χ0n) is 18.1. The fourth-order valence-electron chi connectivity index (χ4n) is 3.61. The first kappa shape index (κ1) is 21.8. The molecule has 33 heavy (non-hydrogen) atoms. The molecule has 0 aliphatic rings. The van der Waals surface area contributed by atoms with E-state index in [2.05, 4.69) is 10.5 Å². The third kappa shape index (κ3) is 4.59. The summed E-state index contributed by atoms with van der Waals surface area (Å²) in [6, 6.07) is 19.3. The first-order valence-corrected chi connectivity index (χ1v) is 10.2. The highest BCUT2D eigenvalue weighted by Crippen LogP contribution is 2.27. The van der Waals surface area contributed by atoms with E-state index < -0.39 is 5.97 Å². The molecule has 3 aromatic carbocycles. The SMILES string of the molecule is COc1cc(/C=N\NC(=O)Cn2c3ccccc3c(=O)c3ccccc32)ccc1OC(C)=O. The summed E-state index contributed by atoms with van der Waals surface area (Å²) in [7, 11) is 1.46. The van der Waals surface area contributed by atoms with Crippen LogP contribution in [0.1, 0.15) is 12.5 Å². The largest absolute Gasteiger partial charge is 0.493 e. The normalized spacial score (nSPS) is 11.1. The highest BCUT2D eigenvalue weighted by Gasteiger charge is 2.12. The number of benzene rings is 3. The number of fused-ring (bicyclic) bond motifs is 2. The molecule has 0 aliphatic heterocycles. The number of hydrogen-bond acceptors (Lipinski definition) is 6. The fourth-order valence-corrected chi connectivity index (χ4v) is 3.61. The van der Waals surface area contributed by atoms with E-state index in [1.54, 1.807) is 47.0 Å². The maximum Gasteiger partial charge on any atom is 0.308 e. The zero-order valence-corrected chi connectivity index (χ0v) is 18.1. The summed E-state index contributed by atoms with van der Waals surface area (Å²) >= 11 is 0. The van der Waals surface area contributed by atoms with Crippen molar-refractivity contribution in [1.82, 2.24) is 9.99 Å². The Morgan fingerprint density at radius 1 is 0.970 bits per heavy atom. The van der Waals surface area contributed by atoms with Crippen molar-refractivity contribution in [2.45, 2.75) is 13.5 Å². The molecule has 0 atom stereocenters. The van der Waals surface area contributed by atoms with Crippen LogP contribution in [-0.4, -0.2) is 29.8 Å². The minimum Gasteiger partial charge on any atom is -0.493 e. The van der Waals surface area contributed by atoms with E-state index in [1.807, 2.05) is 24.3 Å². The number of nitrogens with zero attached hydrogens (tertiary/aromatic N) is 2. The van der Waals surface area contributed by atoms with Gasteiger partial charge in [0.2, 0.25) is 0 Å². The van der Waals surface area contributed by atoms with Crippen LogP contribution in [0.15, 0.2) is 76.6 Å². The molecule has 8 heteroatoms. The average molecular weight is 443 g/mol. The van der Waals surface area contributed by atoms with E-state index in [0.717, 1.165) is 0 Å². The van der Waals surface area contributed by atoms with E-state index in [1.165, 1.54) is 20.2 Å². The predicted octanol–water partition coefficient (Wildman–Crippen LogP) is 3.24. The molecule has 0 radical (unpaired) electrons. The van der Waals surface area contributed by atoms with Crippen molar-refractivity contribution in [3.8, 4) is 11.5 Å². The van der Waals surface area contributed by atoms with Gasteiger partial charge in [-0.3, -0.25) is 14.4 Å². The number of carbonyl (C=O) groups excluding carboxylic acids is 2. The minimum absolute atomic E-state index is 0.0205. The highest BCUT2D eigenvalue weighted by molar-refractivity contribution is 5.95. The molecular formula is C25H21N3O5. The Morgan fingerprint density at radius 3 is 2.21 bits per heavy atom. The van der Waals surface area contributed by atoms with Crippen LogP contribution in [0.4, 0.5) is 0 Å². The summed E-state index contributed by atoms with van der Waals surface area (Å²) in [5, 5.41) is 5.12. The van der Waals surface area contributed by atoms with Gasteiger partial charge in [0.15, 0.2) is 16.9 Å². The van der Waals surface area contributed by atoms with Gasteiger partial charge in [0.05, 0.1) is 24.4 Å². The van der Waals surface area contributed by atoms with Crippen molar-refractivity contribution in [3.05, 3.63) is 82.5 Å². The molecule has 4 aromatic rings. The smallest absolute Gasteiger partial charge is 0.308 e. The second-order valence-electron chi connectivity index (χ2n) is 7.25. The standard InChI is InChI=1S/C25H21N3O5/c1-16(29)33-22-12-11-17(13-23(22)32-2)14-26-27-24(30)15-28-20-9-5-3-7-18(20)25(31)19-8-4-6-10-21(19)28/h3-14H,15H2,1-2H3,(H,27,30)/b26-14-. The topological polar surface area (TPSA) is 99.0 Å². The second kappa shape index (κ2) is 9.35. The van der Waals surface area contributed by atoms with Crippen LogP contribution < -0.4 is 20.3 Å². The van der Waals surface area contributed by atoms with Crippen LogP contribution in [-0.2, 0) is 16.1 Å². The lowest BCUT2D eigenvalue weighted by atomic mass is 10.1. The summed E-state index contributed by atoms with van der Waals surface area (Å²) in [6.45, 7) is 1.28. The Hall–Kier alpha value is -4.46. The van der Waals surface area contributed by atoms with E-state index in [4.69, 9.17) is 9.47 Å². The predicted molar refractivity (Wildman–Crippen MR) is 126 cm³/mol. The zero-order chi connectivity index (χ0) is 23.4. The molecule has 0 unspecified atom stereocenters. The van der Waals surface area contributed by atoms with Crippen molar-refractivity contribution >= 4 is 39.9 Å². The molecule has 1 amide bonds. The monoisotopic (exact) mass is 443 g/mol. The maximum absolute atomic E-state index is 12.8. The third-order valence-electron chi connectivity index (χ3n) is 5.02. The van der Waals surface area contributed by atoms with Gasteiger partial charge >= 0.3 is 5.97 Å². The van der Waals surface area contributed by atoms with Crippen molar-refractivity contribution in [2.24, 2.45) is 5.10 Å². The van der Waals surface area contributed by atoms with Gasteiger partial charge in [0.1, 0.15) is 6.54 Å². The Balaban J connectivity index is 1.56. The van der Waals surface area contributed by atoms with Crippen molar-refractivity contribution < 1.29 is 19.1 Å². The number of ether oxygens (including phenoxy) is 2. The lowest BCUT2D eigenvalue weighted by Crippen LogP contribution is -2.25. The van der Waals surface area contributed by atoms with Gasteiger partial charge in [-0.1, -0.05) is 24.3 Å². The number of hydrazone groups is 1. The summed E-state index contributed by atoms with van der Waals surface area (Å²) in [4.78, 5) is 36.7. The number of aromatic nitrogens is 1. The lowest BCUT2D eigenvalue weighted by molar-refractivity contribution is -0.132. The van der Waals surface area contributed by atoms with Gasteiger partial charge in [-0.05, 0) is 48.0 Å². The maximum atomic E-state index is 12.8. The number of amides is 1. The molecule has 0 aliphatic carbocycles. The fraction of sp³-hybridized carbons (Fsp3) is 0.120. The van der Waals surface area contributed by atoms with Gasteiger partial charge in [-0.25, -0.2) is 5.43 Å². The molecule has 166 valence electrons. The number of pyridine rings is 1. The molecule has 1 N–H and O–H groups in total. The number of carbonyl (C=O) groups is 2. The molecule has 0 saturated carbocycles. The lowest BCUT2D eigenvalue weighted by Gasteiger charge is -2.14. The number of methoxy groups -OCH3 is 1. The van der Waals surface area contributed by atoms with Crippen molar-refractivity contribution in [1.29, 1.82) is 0 Å². The molecule has 0 saturated heterocycles. The van der Waals surface area contributed by atoms with Crippen LogP contribution in [0.2, 0.25) is 0 Å². The Morgan fingerprint density at radius 2 is 1.61 bits per heavy atom. The molecule has 0 spiro atoms. The van der Waals surface area contributed by atoms with Crippen molar-refractivity contribution in [3.63, 3.8) is 0 Å². The van der Waals surface area contributed by atoms with Gasteiger partial charge in [-0.2, -0.15) is 5.10 Å². The number of nitrogens with one attached hydrogen (secondary N) is 1. The van der Waals surface area contributed by atoms with Gasteiger partial charge in [0, 0.05) is 17.7 Å². The molecule has 0 fully saturated rings. The molecule has 1 heterocycles. The Labute approximate surface area is 189 Å². The molecule has 0 bridgehead atoms. The average Bonchev–Trinajstić information content (AvgIpc) is 2.82. The number of esters is 1. The van der Waals surface area contributed by atoms with Crippen LogP contribution in [0.3, 0.4) is 0 Å². The van der Waals surface area contributed by atoms with E-state index in [9.17, 15) is 14.4 Å². The van der Waals surface area contributed by atoms with Gasteiger partial charge in [0.25, 0.3) is 5.91 Å². The van der Waals surface area contributed by atoms with Crippen LogP contribution in [0.5, 0.6) is 11.5 Å². The van der Waals surface area contributed by atoms with E-state index >= 15 is 0 Å². The third-order valence-corrected chi connectivity index (χ3v) is 5.02.